The molecule has 112 valence electrons. The molecule has 2 aromatic carbocycles. The summed E-state index contributed by atoms with van der Waals surface area (Å²) in [5.74, 6) is 0.873. The highest BCUT2D eigenvalue weighted by Gasteiger charge is 2.07. The van der Waals surface area contributed by atoms with Gasteiger partial charge in [-0.2, -0.15) is 0 Å². The number of benzene rings is 2. The molecule has 0 amide bonds. The molecule has 1 N–H and O–H groups in total. The lowest BCUT2D eigenvalue weighted by Crippen LogP contribution is -2.27. The van der Waals surface area contributed by atoms with Gasteiger partial charge in [0.1, 0.15) is 5.75 Å². The van der Waals surface area contributed by atoms with E-state index < -0.39 is 0 Å². The van der Waals surface area contributed by atoms with E-state index in [0.717, 1.165) is 28.2 Å². The summed E-state index contributed by atoms with van der Waals surface area (Å²) < 4.78 is 6.35. The van der Waals surface area contributed by atoms with Gasteiger partial charge in [-0.05, 0) is 54.8 Å². The molecule has 1 atom stereocenters. The first-order chi connectivity index (χ1) is 10.1. The highest BCUT2D eigenvalue weighted by atomic mass is 79.9. The van der Waals surface area contributed by atoms with Crippen molar-refractivity contribution in [1.82, 2.24) is 5.32 Å². The highest BCUT2D eigenvalue weighted by molar-refractivity contribution is 9.10. The van der Waals surface area contributed by atoms with Gasteiger partial charge in [-0.15, -0.1) is 0 Å². The van der Waals surface area contributed by atoms with Gasteiger partial charge >= 0.3 is 0 Å². The van der Waals surface area contributed by atoms with Crippen molar-refractivity contribution in [2.24, 2.45) is 0 Å². The van der Waals surface area contributed by atoms with Crippen molar-refractivity contribution >= 4 is 27.5 Å². The van der Waals surface area contributed by atoms with E-state index in [-0.39, 0.29) is 0 Å². The van der Waals surface area contributed by atoms with E-state index in [9.17, 15) is 0 Å². The smallest absolute Gasteiger partial charge is 0.119 e. The van der Waals surface area contributed by atoms with Crippen molar-refractivity contribution in [3.63, 3.8) is 0 Å². The SMILES string of the molecule is COc1ccc(Br)c(CNC(C)Cc2cccc(Cl)c2)c1. The second-order valence-corrected chi connectivity index (χ2v) is 6.36. The van der Waals surface area contributed by atoms with Crippen LogP contribution in [-0.4, -0.2) is 13.2 Å². The molecule has 0 spiro atoms. The lowest BCUT2D eigenvalue weighted by molar-refractivity contribution is 0.413. The quantitative estimate of drug-likeness (QED) is 0.788. The summed E-state index contributed by atoms with van der Waals surface area (Å²) in [7, 11) is 1.68. The van der Waals surface area contributed by atoms with Crippen LogP contribution in [0.2, 0.25) is 5.02 Å². The third-order valence-corrected chi connectivity index (χ3v) is 4.33. The number of halogens is 2. The standard InChI is InChI=1S/C17H19BrClNO/c1-12(8-13-4-3-5-15(19)9-13)20-11-14-10-16(21-2)6-7-17(14)18/h3-7,9-10,12,20H,8,11H2,1-2H3. The van der Waals surface area contributed by atoms with Gasteiger partial charge in [-0.25, -0.2) is 0 Å². The Kier molecular flexibility index (Phi) is 6.09. The van der Waals surface area contributed by atoms with Crippen LogP contribution in [0.25, 0.3) is 0 Å². The van der Waals surface area contributed by atoms with Gasteiger partial charge in [-0.3, -0.25) is 0 Å². The predicted octanol–water partition coefficient (Wildman–Crippen LogP) is 4.83. The maximum Gasteiger partial charge on any atom is 0.119 e. The second kappa shape index (κ2) is 7.83. The fourth-order valence-electron chi connectivity index (χ4n) is 2.19. The summed E-state index contributed by atoms with van der Waals surface area (Å²) in [6, 6.07) is 14.4. The summed E-state index contributed by atoms with van der Waals surface area (Å²) >= 11 is 9.59. The van der Waals surface area contributed by atoms with E-state index >= 15 is 0 Å². The molecule has 0 heterocycles. The topological polar surface area (TPSA) is 21.3 Å². The van der Waals surface area contributed by atoms with E-state index in [1.165, 1.54) is 11.1 Å². The molecule has 2 rings (SSSR count). The Balaban J connectivity index is 1.93. The van der Waals surface area contributed by atoms with Gasteiger partial charge in [0.2, 0.25) is 0 Å². The van der Waals surface area contributed by atoms with Crippen LogP contribution < -0.4 is 10.1 Å². The number of ether oxygens (including phenoxy) is 1. The zero-order valence-electron chi connectivity index (χ0n) is 12.2. The highest BCUT2D eigenvalue weighted by Crippen LogP contribution is 2.22. The van der Waals surface area contributed by atoms with Crippen molar-refractivity contribution in [1.29, 1.82) is 0 Å². The largest absolute Gasteiger partial charge is 0.497 e. The molecule has 1 unspecified atom stereocenters. The van der Waals surface area contributed by atoms with E-state index in [1.54, 1.807) is 7.11 Å². The minimum Gasteiger partial charge on any atom is -0.497 e. The first-order valence-corrected chi connectivity index (χ1v) is 8.06. The monoisotopic (exact) mass is 367 g/mol. The lowest BCUT2D eigenvalue weighted by Gasteiger charge is -2.15. The fourth-order valence-corrected chi connectivity index (χ4v) is 2.79. The summed E-state index contributed by atoms with van der Waals surface area (Å²) in [6.45, 7) is 2.97. The molecule has 0 aliphatic rings. The Morgan fingerprint density at radius 3 is 2.76 bits per heavy atom. The molecule has 0 bridgehead atoms. The van der Waals surface area contributed by atoms with Gasteiger partial charge in [-0.1, -0.05) is 39.7 Å². The van der Waals surface area contributed by atoms with E-state index in [0.29, 0.717) is 6.04 Å². The Bertz CT molecular complexity index is 603. The normalized spacial score (nSPS) is 12.2. The molecule has 0 saturated heterocycles. The molecule has 4 heteroatoms. The zero-order chi connectivity index (χ0) is 15.2. The van der Waals surface area contributed by atoms with E-state index in [4.69, 9.17) is 16.3 Å². The zero-order valence-corrected chi connectivity index (χ0v) is 14.5. The van der Waals surface area contributed by atoms with Gasteiger partial charge in [0, 0.05) is 22.1 Å². The van der Waals surface area contributed by atoms with Crippen LogP contribution in [0.3, 0.4) is 0 Å². The number of rotatable bonds is 6. The molecule has 2 aromatic rings. The Morgan fingerprint density at radius 1 is 1.24 bits per heavy atom. The van der Waals surface area contributed by atoms with Crippen molar-refractivity contribution < 1.29 is 4.74 Å². The first-order valence-electron chi connectivity index (χ1n) is 6.88. The van der Waals surface area contributed by atoms with E-state index in [2.05, 4.69) is 34.2 Å². The molecule has 0 aliphatic heterocycles. The average Bonchev–Trinajstić information content (AvgIpc) is 2.46. The third-order valence-electron chi connectivity index (χ3n) is 3.32. The third kappa shape index (κ3) is 5.03. The molecule has 0 radical (unpaired) electrons. The number of nitrogens with one attached hydrogen (secondary N) is 1. The fraction of sp³-hybridized carbons (Fsp3) is 0.294. The van der Waals surface area contributed by atoms with Gasteiger partial charge in [0.25, 0.3) is 0 Å². The minimum atomic E-state index is 0.363. The number of hydrogen-bond donors (Lipinski definition) is 1. The van der Waals surface area contributed by atoms with Crippen molar-refractivity contribution in [2.75, 3.05) is 7.11 Å². The Labute approximate surface area is 139 Å². The summed E-state index contributed by atoms with van der Waals surface area (Å²) in [6.07, 6.45) is 0.947. The average molecular weight is 369 g/mol. The number of hydrogen-bond acceptors (Lipinski definition) is 2. The molecule has 0 saturated carbocycles. The van der Waals surface area contributed by atoms with Gasteiger partial charge in [0.15, 0.2) is 0 Å². The molecule has 21 heavy (non-hydrogen) atoms. The van der Waals surface area contributed by atoms with Gasteiger partial charge in [0.05, 0.1) is 7.11 Å². The maximum atomic E-state index is 6.01. The van der Waals surface area contributed by atoms with Crippen LogP contribution in [0.4, 0.5) is 0 Å². The van der Waals surface area contributed by atoms with Crippen LogP contribution in [0.15, 0.2) is 46.9 Å². The number of methoxy groups -OCH3 is 1. The molecule has 2 nitrogen and oxygen atoms in total. The van der Waals surface area contributed by atoms with Crippen molar-refractivity contribution in [3.8, 4) is 5.75 Å². The maximum absolute atomic E-state index is 6.01. The van der Waals surface area contributed by atoms with Crippen LogP contribution in [-0.2, 0) is 13.0 Å². The summed E-state index contributed by atoms with van der Waals surface area (Å²) in [4.78, 5) is 0. The van der Waals surface area contributed by atoms with Crippen LogP contribution >= 0.6 is 27.5 Å². The van der Waals surface area contributed by atoms with Gasteiger partial charge < -0.3 is 10.1 Å². The molecule has 0 fully saturated rings. The summed E-state index contributed by atoms with van der Waals surface area (Å²) in [5.41, 5.74) is 2.43. The van der Waals surface area contributed by atoms with Crippen LogP contribution in [0.5, 0.6) is 5.75 Å². The minimum absolute atomic E-state index is 0.363. The predicted molar refractivity (Wildman–Crippen MR) is 92.2 cm³/mol. The van der Waals surface area contributed by atoms with Crippen LogP contribution in [0, 0.1) is 0 Å². The molecule has 0 aliphatic carbocycles. The summed E-state index contributed by atoms with van der Waals surface area (Å²) in [5, 5.41) is 4.32. The van der Waals surface area contributed by atoms with Crippen LogP contribution in [0.1, 0.15) is 18.1 Å². The van der Waals surface area contributed by atoms with Crippen molar-refractivity contribution in [2.45, 2.75) is 25.9 Å². The molecule has 0 aromatic heterocycles. The Hall–Kier alpha value is -1.03. The van der Waals surface area contributed by atoms with E-state index in [1.807, 2.05) is 36.4 Å². The molecular formula is C17H19BrClNO. The first kappa shape index (κ1) is 16.3. The second-order valence-electron chi connectivity index (χ2n) is 5.07. The molecular weight excluding hydrogens is 350 g/mol. The van der Waals surface area contributed by atoms with Crippen molar-refractivity contribution in [3.05, 3.63) is 63.1 Å². The Morgan fingerprint density at radius 2 is 2.05 bits per heavy atom. The lowest BCUT2D eigenvalue weighted by atomic mass is 10.1.